The predicted molar refractivity (Wildman–Crippen MR) is 112 cm³/mol. The van der Waals surface area contributed by atoms with Gasteiger partial charge in [-0.25, -0.2) is 0 Å². The number of hydrogen-bond donors (Lipinski definition) is 1. The summed E-state index contributed by atoms with van der Waals surface area (Å²) in [4.78, 5) is 11.2. The minimum atomic E-state index is -3.57. The molecule has 0 saturated heterocycles. The van der Waals surface area contributed by atoms with Crippen LogP contribution >= 0.6 is 0 Å². The van der Waals surface area contributed by atoms with Gasteiger partial charge in [-0.15, -0.1) is 0 Å². The highest BCUT2D eigenvalue weighted by Crippen LogP contribution is 2.25. The number of hydrogen-bond acceptors (Lipinski definition) is 4. The molecule has 0 unspecified atom stereocenters. The van der Waals surface area contributed by atoms with Crippen molar-refractivity contribution in [3.8, 4) is 0 Å². The van der Waals surface area contributed by atoms with E-state index in [0.29, 0.717) is 0 Å². The summed E-state index contributed by atoms with van der Waals surface area (Å²) in [5.41, 5.74) is 0. The van der Waals surface area contributed by atoms with Crippen LogP contribution in [0.3, 0.4) is 0 Å². The van der Waals surface area contributed by atoms with E-state index in [2.05, 4.69) is 39.3 Å². The highest BCUT2D eigenvalue weighted by Gasteiger charge is 2.49. The molecule has 1 fully saturated rings. The summed E-state index contributed by atoms with van der Waals surface area (Å²) < 4.78 is 18.5. The van der Waals surface area contributed by atoms with Gasteiger partial charge in [0.15, 0.2) is 16.6 Å². The minimum Gasteiger partial charge on any atom is -0.395 e. The van der Waals surface area contributed by atoms with Crippen LogP contribution in [0.5, 0.6) is 0 Å². The molecule has 150 valence electrons. The normalized spacial score (nSPS) is 20.8. The van der Waals surface area contributed by atoms with Crippen molar-refractivity contribution in [2.24, 2.45) is 0 Å². The Labute approximate surface area is 159 Å². The van der Waals surface area contributed by atoms with Crippen LogP contribution in [0.4, 0.5) is 0 Å². The molecule has 4 nitrogen and oxygen atoms in total. The van der Waals surface area contributed by atoms with Crippen molar-refractivity contribution in [3.05, 3.63) is 0 Å². The fourth-order valence-corrected chi connectivity index (χ4v) is 11.1. The fourth-order valence-electron chi connectivity index (χ4n) is 3.30. The Bertz CT molecular complexity index is 338. The monoisotopic (exact) mass is 406 g/mol. The smallest absolute Gasteiger partial charge is 0.395 e. The quantitative estimate of drug-likeness (QED) is 0.566. The van der Waals surface area contributed by atoms with E-state index in [1.165, 1.54) is 57.8 Å². The van der Waals surface area contributed by atoms with Crippen molar-refractivity contribution < 1.29 is 17.5 Å². The standard InChI is InChI=1S/C18H42O4Si3/c1-23(2,3)21-25(19,22-24(4,5)6)20-18-16-14-12-10-8-7-9-11-13-15-17-18/h18-19H,7-17H2,1-6H3. The Morgan fingerprint density at radius 1 is 0.600 bits per heavy atom. The van der Waals surface area contributed by atoms with Crippen molar-refractivity contribution in [1.82, 2.24) is 0 Å². The highest BCUT2D eigenvalue weighted by atomic mass is 28.5. The lowest BCUT2D eigenvalue weighted by Gasteiger charge is -2.36. The largest absolute Gasteiger partial charge is 0.655 e. The summed E-state index contributed by atoms with van der Waals surface area (Å²) in [6.45, 7) is 12.5. The maximum atomic E-state index is 11.2. The van der Waals surface area contributed by atoms with E-state index < -0.39 is 25.7 Å². The minimum absolute atomic E-state index is 0.0730. The molecule has 1 aliphatic carbocycles. The maximum Gasteiger partial charge on any atom is 0.655 e. The SMILES string of the molecule is C[Si](C)(C)O[Si](O)(OC1CCCCCCCCCCC1)O[Si](C)(C)C. The Hall–Kier alpha value is 0.491. The van der Waals surface area contributed by atoms with Crippen LogP contribution in [0.15, 0.2) is 0 Å². The molecular formula is C18H42O4Si3. The third kappa shape index (κ3) is 12.5. The highest BCUT2D eigenvalue weighted by molar-refractivity contribution is 6.83. The first-order valence-corrected chi connectivity index (χ1v) is 18.8. The van der Waals surface area contributed by atoms with Gasteiger partial charge in [-0.05, 0) is 52.1 Å². The van der Waals surface area contributed by atoms with Crippen LogP contribution in [0, 0.1) is 0 Å². The molecule has 0 aliphatic heterocycles. The lowest BCUT2D eigenvalue weighted by molar-refractivity contribution is 0.0249. The zero-order valence-electron chi connectivity index (χ0n) is 17.5. The molecule has 0 bridgehead atoms. The molecule has 0 spiro atoms. The second-order valence-electron chi connectivity index (χ2n) is 9.45. The van der Waals surface area contributed by atoms with E-state index in [9.17, 15) is 4.80 Å². The number of rotatable bonds is 6. The van der Waals surface area contributed by atoms with E-state index >= 15 is 0 Å². The van der Waals surface area contributed by atoms with Gasteiger partial charge >= 0.3 is 9.05 Å². The molecular weight excluding hydrogens is 364 g/mol. The van der Waals surface area contributed by atoms with E-state index in [1.807, 2.05) is 0 Å². The average molecular weight is 407 g/mol. The summed E-state index contributed by atoms with van der Waals surface area (Å²) in [6, 6.07) is 0. The summed E-state index contributed by atoms with van der Waals surface area (Å²) in [5, 5.41) is 0. The van der Waals surface area contributed by atoms with Crippen molar-refractivity contribution >= 4 is 25.7 Å². The topological polar surface area (TPSA) is 47.9 Å². The van der Waals surface area contributed by atoms with Crippen LogP contribution in [0.2, 0.25) is 39.3 Å². The zero-order valence-corrected chi connectivity index (χ0v) is 20.5. The van der Waals surface area contributed by atoms with E-state index in [0.717, 1.165) is 12.8 Å². The van der Waals surface area contributed by atoms with Gasteiger partial charge in [0, 0.05) is 0 Å². The Morgan fingerprint density at radius 2 is 0.920 bits per heavy atom. The second kappa shape index (κ2) is 10.7. The zero-order chi connectivity index (χ0) is 19.0. The summed E-state index contributed by atoms with van der Waals surface area (Å²) in [5.74, 6) is 0. The van der Waals surface area contributed by atoms with Gasteiger partial charge < -0.3 is 17.5 Å². The van der Waals surface area contributed by atoms with Crippen LogP contribution in [0.1, 0.15) is 70.6 Å². The lowest BCUT2D eigenvalue weighted by atomic mass is 10.00. The van der Waals surface area contributed by atoms with Crippen LogP contribution < -0.4 is 0 Å². The van der Waals surface area contributed by atoms with Gasteiger partial charge in [-0.1, -0.05) is 57.8 Å². The molecule has 1 saturated carbocycles. The molecule has 0 amide bonds. The van der Waals surface area contributed by atoms with Crippen molar-refractivity contribution in [2.45, 2.75) is 116 Å². The van der Waals surface area contributed by atoms with Crippen LogP contribution in [0.25, 0.3) is 0 Å². The molecule has 0 aromatic carbocycles. The molecule has 0 aromatic rings. The third-order valence-electron chi connectivity index (χ3n) is 4.24. The van der Waals surface area contributed by atoms with Crippen molar-refractivity contribution in [3.63, 3.8) is 0 Å². The average Bonchev–Trinajstić information content (AvgIpc) is 2.37. The summed E-state index contributed by atoms with van der Waals surface area (Å²) >= 11 is 0. The Kier molecular flexibility index (Phi) is 10.1. The molecule has 0 heterocycles. The van der Waals surface area contributed by atoms with Crippen LogP contribution in [-0.2, 0) is 12.7 Å². The first-order valence-electron chi connectivity index (χ1n) is 10.3. The third-order valence-corrected chi connectivity index (χ3v) is 11.8. The van der Waals surface area contributed by atoms with Gasteiger partial charge in [0.25, 0.3) is 0 Å². The van der Waals surface area contributed by atoms with E-state index in [-0.39, 0.29) is 6.10 Å². The Balaban J connectivity index is 2.74. The van der Waals surface area contributed by atoms with Crippen molar-refractivity contribution in [2.75, 3.05) is 0 Å². The molecule has 1 N–H and O–H groups in total. The molecule has 0 radical (unpaired) electrons. The first kappa shape index (κ1) is 23.5. The summed E-state index contributed by atoms with van der Waals surface area (Å²) in [7, 11) is -7.47. The maximum absolute atomic E-state index is 11.2. The lowest BCUT2D eigenvalue weighted by Crippen LogP contribution is -2.58. The van der Waals surface area contributed by atoms with Gasteiger partial charge in [0.2, 0.25) is 0 Å². The van der Waals surface area contributed by atoms with Gasteiger partial charge in [-0.2, -0.15) is 0 Å². The van der Waals surface area contributed by atoms with E-state index in [4.69, 9.17) is 12.7 Å². The summed E-state index contributed by atoms with van der Waals surface area (Å²) in [6.07, 6.45) is 13.8. The van der Waals surface area contributed by atoms with Gasteiger partial charge in [0.1, 0.15) is 0 Å². The Morgan fingerprint density at radius 3 is 1.24 bits per heavy atom. The molecule has 0 aromatic heterocycles. The predicted octanol–water partition coefficient (Wildman–Crippen LogP) is 5.81. The molecule has 1 rings (SSSR count). The molecule has 25 heavy (non-hydrogen) atoms. The molecule has 0 atom stereocenters. The van der Waals surface area contributed by atoms with Crippen molar-refractivity contribution in [1.29, 1.82) is 0 Å². The fraction of sp³-hybridized carbons (Fsp3) is 1.00. The van der Waals surface area contributed by atoms with Crippen LogP contribution in [-0.4, -0.2) is 36.6 Å². The van der Waals surface area contributed by atoms with E-state index in [1.54, 1.807) is 0 Å². The molecule has 1 aliphatic rings. The first-order chi connectivity index (χ1) is 11.5. The van der Waals surface area contributed by atoms with Gasteiger partial charge in [-0.3, -0.25) is 0 Å². The van der Waals surface area contributed by atoms with Gasteiger partial charge in [0.05, 0.1) is 6.10 Å². The molecule has 7 heteroatoms. The second-order valence-corrected chi connectivity index (χ2v) is 20.8.